The van der Waals surface area contributed by atoms with Gasteiger partial charge in [-0.15, -0.1) is 0 Å². The number of pyridine rings is 1. The summed E-state index contributed by atoms with van der Waals surface area (Å²) in [6.45, 7) is 0. The van der Waals surface area contributed by atoms with Gasteiger partial charge in [-0.3, -0.25) is 0 Å². The molecule has 0 atom stereocenters. The Morgan fingerprint density at radius 2 is 1.65 bits per heavy atom. The van der Waals surface area contributed by atoms with Gasteiger partial charge in [0.25, 0.3) is 0 Å². The molecular weight excluding hydrogens is 287 g/mol. The zero-order chi connectivity index (χ0) is 12.6. The van der Waals surface area contributed by atoms with Gasteiger partial charge >= 0.3 is 0 Å². The van der Waals surface area contributed by atoms with Crippen LogP contribution in [0.15, 0.2) is 24.4 Å². The van der Waals surface area contributed by atoms with E-state index in [4.69, 9.17) is 34.8 Å². The van der Waals surface area contributed by atoms with E-state index in [2.05, 4.69) is 4.98 Å². The van der Waals surface area contributed by atoms with Gasteiger partial charge < -0.3 is 5.11 Å². The average Bonchev–Trinajstić information content (AvgIpc) is 2.28. The lowest BCUT2D eigenvalue weighted by Gasteiger charge is -2.06. The Morgan fingerprint density at radius 3 is 2.24 bits per heavy atom. The molecule has 0 aliphatic heterocycles. The first-order valence-electron chi connectivity index (χ1n) is 4.48. The number of halogens is 4. The van der Waals surface area contributed by atoms with Crippen molar-refractivity contribution >= 4 is 34.8 Å². The lowest BCUT2D eigenvalue weighted by molar-refractivity contribution is 0.467. The highest BCUT2D eigenvalue weighted by Gasteiger charge is 2.12. The molecule has 0 amide bonds. The molecule has 2 nitrogen and oxygen atoms in total. The van der Waals surface area contributed by atoms with Gasteiger partial charge in [0.15, 0.2) is 0 Å². The van der Waals surface area contributed by atoms with Crippen molar-refractivity contribution in [3.63, 3.8) is 0 Å². The number of rotatable bonds is 1. The summed E-state index contributed by atoms with van der Waals surface area (Å²) in [5.74, 6) is -0.874. The number of benzene rings is 1. The molecule has 0 bridgehead atoms. The molecule has 0 saturated heterocycles. The highest BCUT2D eigenvalue weighted by atomic mass is 35.5. The Hall–Kier alpha value is -1.03. The van der Waals surface area contributed by atoms with Crippen molar-refractivity contribution in [3.05, 3.63) is 45.4 Å². The van der Waals surface area contributed by atoms with E-state index in [9.17, 15) is 9.50 Å². The van der Waals surface area contributed by atoms with E-state index in [-0.39, 0.29) is 26.4 Å². The number of aromatic hydroxyl groups is 1. The number of aromatic nitrogens is 1. The van der Waals surface area contributed by atoms with Gasteiger partial charge in [0.1, 0.15) is 5.75 Å². The molecule has 2 rings (SSSR count). The summed E-state index contributed by atoms with van der Waals surface area (Å²) in [5, 5.41) is 9.88. The molecule has 0 unspecified atom stereocenters. The first kappa shape index (κ1) is 12.4. The normalized spacial score (nSPS) is 10.6. The molecule has 0 saturated carbocycles. The second kappa shape index (κ2) is 4.69. The van der Waals surface area contributed by atoms with E-state index in [1.807, 2.05) is 0 Å². The number of nitrogens with zero attached hydrogens (tertiary/aromatic N) is 1. The third kappa shape index (κ3) is 2.46. The van der Waals surface area contributed by atoms with Crippen LogP contribution in [0.5, 0.6) is 5.75 Å². The van der Waals surface area contributed by atoms with Crippen molar-refractivity contribution < 1.29 is 9.50 Å². The van der Waals surface area contributed by atoms with Crippen molar-refractivity contribution in [3.8, 4) is 16.9 Å². The summed E-state index contributed by atoms with van der Waals surface area (Å²) in [4.78, 5) is 3.40. The van der Waals surface area contributed by atoms with Crippen LogP contribution in [-0.2, 0) is 0 Å². The lowest BCUT2D eigenvalue weighted by Crippen LogP contribution is -1.89. The van der Waals surface area contributed by atoms with Gasteiger partial charge in [-0.2, -0.15) is 4.39 Å². The molecule has 0 spiro atoms. The SMILES string of the molecule is Oc1cnc(F)c(-c2cc(Cl)c(Cl)c(Cl)c2)c1. The lowest BCUT2D eigenvalue weighted by atomic mass is 10.1. The smallest absolute Gasteiger partial charge is 0.220 e. The third-order valence-electron chi connectivity index (χ3n) is 2.12. The maximum absolute atomic E-state index is 13.5. The molecule has 0 fully saturated rings. The van der Waals surface area contributed by atoms with Gasteiger partial charge in [-0.05, 0) is 23.8 Å². The monoisotopic (exact) mass is 291 g/mol. The zero-order valence-electron chi connectivity index (χ0n) is 8.22. The molecule has 88 valence electrons. The maximum atomic E-state index is 13.5. The fourth-order valence-corrected chi connectivity index (χ4v) is 1.95. The van der Waals surface area contributed by atoms with Crippen molar-refractivity contribution in [2.45, 2.75) is 0 Å². The van der Waals surface area contributed by atoms with Crippen LogP contribution in [0.2, 0.25) is 15.1 Å². The van der Waals surface area contributed by atoms with Crippen LogP contribution in [0.4, 0.5) is 4.39 Å². The van der Waals surface area contributed by atoms with Crippen LogP contribution in [-0.4, -0.2) is 10.1 Å². The van der Waals surface area contributed by atoms with Crippen LogP contribution >= 0.6 is 34.8 Å². The fraction of sp³-hybridized carbons (Fsp3) is 0. The fourth-order valence-electron chi connectivity index (χ4n) is 1.35. The summed E-state index contributed by atoms with van der Waals surface area (Å²) in [5.41, 5.74) is 0.496. The summed E-state index contributed by atoms with van der Waals surface area (Å²) in [7, 11) is 0. The van der Waals surface area contributed by atoms with E-state index in [0.29, 0.717) is 5.56 Å². The minimum atomic E-state index is -0.725. The van der Waals surface area contributed by atoms with E-state index in [0.717, 1.165) is 6.20 Å². The Labute approximate surface area is 112 Å². The van der Waals surface area contributed by atoms with Crippen LogP contribution in [0.1, 0.15) is 0 Å². The highest BCUT2D eigenvalue weighted by Crippen LogP contribution is 2.36. The summed E-state index contributed by atoms with van der Waals surface area (Å²) >= 11 is 17.5. The van der Waals surface area contributed by atoms with E-state index in [1.165, 1.54) is 18.2 Å². The Balaban J connectivity index is 2.64. The highest BCUT2D eigenvalue weighted by molar-refractivity contribution is 6.48. The second-order valence-corrected chi connectivity index (χ2v) is 4.48. The van der Waals surface area contributed by atoms with E-state index < -0.39 is 5.95 Å². The summed E-state index contributed by atoms with van der Waals surface area (Å²) in [6, 6.07) is 4.14. The van der Waals surface area contributed by atoms with Gasteiger partial charge in [0, 0.05) is 5.56 Å². The summed E-state index contributed by atoms with van der Waals surface area (Å²) in [6.07, 6.45) is 1.01. The molecule has 2 aromatic rings. The Bertz CT molecular complexity index is 566. The quantitative estimate of drug-likeness (QED) is 0.617. The minimum Gasteiger partial charge on any atom is -0.506 e. The molecule has 1 heterocycles. The average molecular weight is 293 g/mol. The third-order valence-corrected chi connectivity index (χ3v) is 3.32. The molecule has 1 N–H and O–H groups in total. The Kier molecular flexibility index (Phi) is 3.43. The molecule has 0 aliphatic carbocycles. The molecule has 1 aromatic carbocycles. The molecule has 0 radical (unpaired) electrons. The van der Waals surface area contributed by atoms with Gasteiger partial charge in [-0.25, -0.2) is 4.98 Å². The van der Waals surface area contributed by atoms with Crippen LogP contribution in [0, 0.1) is 5.95 Å². The summed E-state index contributed by atoms with van der Waals surface area (Å²) < 4.78 is 13.5. The van der Waals surface area contributed by atoms with Crippen molar-refractivity contribution in [1.29, 1.82) is 0 Å². The molecule has 17 heavy (non-hydrogen) atoms. The predicted octanol–water partition coefficient (Wildman–Crippen LogP) is 4.55. The van der Waals surface area contributed by atoms with Crippen molar-refractivity contribution in [1.82, 2.24) is 4.98 Å². The number of hydrogen-bond donors (Lipinski definition) is 1. The van der Waals surface area contributed by atoms with Gasteiger partial charge in [0.05, 0.1) is 21.3 Å². The Morgan fingerprint density at radius 1 is 1.06 bits per heavy atom. The largest absolute Gasteiger partial charge is 0.506 e. The number of hydrogen-bond acceptors (Lipinski definition) is 2. The van der Waals surface area contributed by atoms with Crippen LogP contribution in [0.25, 0.3) is 11.1 Å². The topological polar surface area (TPSA) is 33.1 Å². The molecule has 6 heteroatoms. The second-order valence-electron chi connectivity index (χ2n) is 3.29. The van der Waals surface area contributed by atoms with Gasteiger partial charge in [-0.1, -0.05) is 34.8 Å². The van der Waals surface area contributed by atoms with Crippen LogP contribution < -0.4 is 0 Å². The van der Waals surface area contributed by atoms with Crippen molar-refractivity contribution in [2.75, 3.05) is 0 Å². The van der Waals surface area contributed by atoms with E-state index in [1.54, 1.807) is 0 Å². The zero-order valence-corrected chi connectivity index (χ0v) is 10.5. The standard InChI is InChI=1S/C11H5Cl3FNO/c12-8-1-5(2-9(13)10(8)14)7-3-6(17)4-16-11(7)15/h1-4,17H. The molecular formula is C11H5Cl3FNO. The van der Waals surface area contributed by atoms with E-state index >= 15 is 0 Å². The van der Waals surface area contributed by atoms with Crippen molar-refractivity contribution in [2.24, 2.45) is 0 Å². The predicted molar refractivity (Wildman–Crippen MR) is 66.3 cm³/mol. The maximum Gasteiger partial charge on any atom is 0.220 e. The molecule has 1 aromatic heterocycles. The first-order valence-corrected chi connectivity index (χ1v) is 5.62. The van der Waals surface area contributed by atoms with Crippen LogP contribution in [0.3, 0.4) is 0 Å². The molecule has 0 aliphatic rings. The first-order chi connectivity index (χ1) is 7.99. The van der Waals surface area contributed by atoms with Gasteiger partial charge in [0.2, 0.25) is 5.95 Å². The minimum absolute atomic E-state index is 0.102.